The fourth-order valence-corrected chi connectivity index (χ4v) is 1.56. The number of likely N-dealkylation sites (N-methyl/N-ethyl adjacent to an activating group) is 1. The van der Waals surface area contributed by atoms with Crippen LogP contribution >= 0.6 is 0 Å². The third-order valence-electron chi connectivity index (χ3n) is 2.55. The lowest BCUT2D eigenvalue weighted by molar-refractivity contribution is -0.136. The summed E-state index contributed by atoms with van der Waals surface area (Å²) in [5.74, 6) is -0.359. The lowest BCUT2D eigenvalue weighted by Gasteiger charge is -2.20. The van der Waals surface area contributed by atoms with Crippen LogP contribution in [0.4, 0.5) is 0 Å². The molecule has 0 atom stereocenters. The van der Waals surface area contributed by atoms with E-state index in [1.807, 2.05) is 6.92 Å². The van der Waals surface area contributed by atoms with Gasteiger partial charge in [0.25, 0.3) is 0 Å². The Morgan fingerprint density at radius 3 is 2.79 bits per heavy atom. The minimum atomic E-state index is -0.192. The van der Waals surface area contributed by atoms with Gasteiger partial charge in [-0.2, -0.15) is 0 Å². The normalized spacial score (nSPS) is 10.3. The largest absolute Gasteiger partial charge is 0.358 e. The topological polar surface area (TPSA) is 106 Å². The van der Waals surface area contributed by atoms with E-state index in [2.05, 4.69) is 15.6 Å². The van der Waals surface area contributed by atoms with Crippen LogP contribution in [-0.2, 0) is 22.7 Å². The number of hydrogen-bond donors (Lipinski definition) is 2. The Morgan fingerprint density at radius 2 is 2.26 bits per heavy atom. The fraction of sp³-hybridized carbons (Fsp3) is 0.636. The standard InChI is InChI=1S/C11H20N6O2/c1-3-4-16(7-10(18)13-2)11(19)8-17-6-9(5-12)14-15-17/h6H,3-5,7-8,12H2,1-2H3,(H,13,18). The molecular formula is C11H20N6O2. The Bertz CT molecular complexity index is 431. The molecule has 3 N–H and O–H groups in total. The summed E-state index contributed by atoms with van der Waals surface area (Å²) in [5, 5.41) is 10.1. The van der Waals surface area contributed by atoms with E-state index in [9.17, 15) is 9.59 Å². The van der Waals surface area contributed by atoms with Gasteiger partial charge in [-0.05, 0) is 6.42 Å². The maximum atomic E-state index is 12.1. The minimum absolute atomic E-state index is 0.0572. The SMILES string of the molecule is CCCN(CC(=O)NC)C(=O)Cn1cc(CN)nn1. The van der Waals surface area contributed by atoms with E-state index >= 15 is 0 Å². The van der Waals surface area contributed by atoms with Crippen molar-refractivity contribution in [3.8, 4) is 0 Å². The zero-order valence-corrected chi connectivity index (χ0v) is 11.3. The number of aromatic nitrogens is 3. The Kier molecular flexibility index (Phi) is 5.94. The second-order valence-corrected chi connectivity index (χ2v) is 4.10. The van der Waals surface area contributed by atoms with E-state index in [4.69, 9.17) is 5.73 Å². The molecule has 2 amide bonds. The van der Waals surface area contributed by atoms with E-state index in [0.717, 1.165) is 6.42 Å². The number of carbonyl (C=O) groups excluding carboxylic acids is 2. The highest BCUT2D eigenvalue weighted by atomic mass is 16.2. The van der Waals surface area contributed by atoms with Gasteiger partial charge in [0.15, 0.2) is 0 Å². The summed E-state index contributed by atoms with van der Waals surface area (Å²) in [6.07, 6.45) is 2.41. The fourth-order valence-electron chi connectivity index (χ4n) is 1.56. The summed E-state index contributed by atoms with van der Waals surface area (Å²) in [6.45, 7) is 2.88. The third-order valence-corrected chi connectivity index (χ3v) is 2.55. The molecule has 0 spiro atoms. The monoisotopic (exact) mass is 268 g/mol. The maximum absolute atomic E-state index is 12.1. The molecule has 8 heteroatoms. The van der Waals surface area contributed by atoms with Gasteiger partial charge in [-0.1, -0.05) is 12.1 Å². The summed E-state index contributed by atoms with van der Waals surface area (Å²) in [5.41, 5.74) is 6.05. The van der Waals surface area contributed by atoms with Crippen LogP contribution in [0.3, 0.4) is 0 Å². The Labute approximate surface area is 111 Å². The summed E-state index contributed by atoms with van der Waals surface area (Å²) < 4.78 is 1.43. The smallest absolute Gasteiger partial charge is 0.244 e. The van der Waals surface area contributed by atoms with Crippen molar-refractivity contribution in [3.05, 3.63) is 11.9 Å². The van der Waals surface area contributed by atoms with Crippen molar-refractivity contribution in [2.45, 2.75) is 26.4 Å². The van der Waals surface area contributed by atoms with E-state index in [0.29, 0.717) is 12.2 Å². The molecule has 0 bridgehead atoms. The van der Waals surface area contributed by atoms with Gasteiger partial charge in [-0.25, -0.2) is 4.68 Å². The second-order valence-electron chi connectivity index (χ2n) is 4.10. The molecule has 8 nitrogen and oxygen atoms in total. The van der Waals surface area contributed by atoms with Crippen molar-refractivity contribution in [2.24, 2.45) is 5.73 Å². The van der Waals surface area contributed by atoms with Gasteiger partial charge in [0.2, 0.25) is 11.8 Å². The van der Waals surface area contributed by atoms with Gasteiger partial charge in [0.05, 0.1) is 18.4 Å². The molecule has 0 aliphatic carbocycles. The predicted octanol–water partition coefficient (Wildman–Crippen LogP) is -1.28. The average Bonchev–Trinajstić information content (AvgIpc) is 2.85. The molecule has 1 rings (SSSR count). The minimum Gasteiger partial charge on any atom is -0.358 e. The van der Waals surface area contributed by atoms with Gasteiger partial charge in [0, 0.05) is 20.1 Å². The van der Waals surface area contributed by atoms with Crippen LogP contribution in [-0.4, -0.2) is 51.8 Å². The van der Waals surface area contributed by atoms with Crippen molar-refractivity contribution in [3.63, 3.8) is 0 Å². The molecule has 1 aromatic rings. The first-order chi connectivity index (χ1) is 9.10. The number of carbonyl (C=O) groups is 2. The average molecular weight is 268 g/mol. The summed E-state index contributed by atoms with van der Waals surface area (Å²) >= 11 is 0. The molecule has 1 heterocycles. The van der Waals surface area contributed by atoms with Gasteiger partial charge in [-0.15, -0.1) is 5.10 Å². The summed E-state index contributed by atoms with van der Waals surface area (Å²) in [4.78, 5) is 24.9. The van der Waals surface area contributed by atoms with Crippen molar-refractivity contribution < 1.29 is 9.59 Å². The number of rotatable bonds is 7. The van der Waals surface area contributed by atoms with Crippen LogP contribution in [0.5, 0.6) is 0 Å². The molecule has 19 heavy (non-hydrogen) atoms. The summed E-state index contributed by atoms with van der Waals surface area (Å²) in [7, 11) is 1.54. The molecule has 1 aromatic heterocycles. The van der Waals surface area contributed by atoms with Crippen LogP contribution in [0, 0.1) is 0 Å². The third kappa shape index (κ3) is 4.66. The molecule has 0 aliphatic heterocycles. The van der Waals surface area contributed by atoms with Crippen LogP contribution < -0.4 is 11.1 Å². The molecule has 0 radical (unpaired) electrons. The summed E-state index contributed by atoms with van der Waals surface area (Å²) in [6, 6.07) is 0. The van der Waals surface area contributed by atoms with Crippen LogP contribution in [0.25, 0.3) is 0 Å². The molecule has 0 unspecified atom stereocenters. The molecular weight excluding hydrogens is 248 g/mol. The Hall–Kier alpha value is -1.96. The zero-order chi connectivity index (χ0) is 14.3. The van der Waals surface area contributed by atoms with E-state index in [1.165, 1.54) is 9.58 Å². The molecule has 0 fully saturated rings. The highest BCUT2D eigenvalue weighted by Gasteiger charge is 2.16. The molecule has 0 aromatic carbocycles. The molecule has 0 aliphatic rings. The van der Waals surface area contributed by atoms with Crippen LogP contribution in [0.2, 0.25) is 0 Å². The van der Waals surface area contributed by atoms with E-state index in [1.54, 1.807) is 13.2 Å². The van der Waals surface area contributed by atoms with Gasteiger partial charge in [-0.3, -0.25) is 9.59 Å². The van der Waals surface area contributed by atoms with E-state index in [-0.39, 0.29) is 31.4 Å². The van der Waals surface area contributed by atoms with Gasteiger partial charge >= 0.3 is 0 Å². The van der Waals surface area contributed by atoms with Crippen LogP contribution in [0.15, 0.2) is 6.20 Å². The quantitative estimate of drug-likeness (QED) is 0.640. The Balaban J connectivity index is 2.62. The first-order valence-corrected chi connectivity index (χ1v) is 6.18. The second kappa shape index (κ2) is 7.47. The first kappa shape index (κ1) is 15.1. The van der Waals surface area contributed by atoms with Crippen molar-refractivity contribution >= 4 is 11.8 Å². The van der Waals surface area contributed by atoms with Crippen molar-refractivity contribution in [1.82, 2.24) is 25.2 Å². The lowest BCUT2D eigenvalue weighted by atomic mass is 10.3. The molecule has 0 saturated heterocycles. The molecule has 0 saturated carbocycles. The van der Waals surface area contributed by atoms with Crippen molar-refractivity contribution in [2.75, 3.05) is 20.1 Å². The maximum Gasteiger partial charge on any atom is 0.244 e. The van der Waals surface area contributed by atoms with Gasteiger partial charge < -0.3 is 16.0 Å². The zero-order valence-electron chi connectivity index (χ0n) is 11.3. The molecule has 106 valence electrons. The van der Waals surface area contributed by atoms with Gasteiger partial charge in [0.1, 0.15) is 6.54 Å². The first-order valence-electron chi connectivity index (χ1n) is 6.18. The predicted molar refractivity (Wildman–Crippen MR) is 68.9 cm³/mol. The number of nitrogens with two attached hydrogens (primary N) is 1. The number of hydrogen-bond acceptors (Lipinski definition) is 5. The van der Waals surface area contributed by atoms with Crippen LogP contribution in [0.1, 0.15) is 19.0 Å². The highest BCUT2D eigenvalue weighted by molar-refractivity contribution is 5.84. The number of nitrogens with one attached hydrogen (secondary N) is 1. The van der Waals surface area contributed by atoms with Crippen molar-refractivity contribution in [1.29, 1.82) is 0 Å². The van der Waals surface area contributed by atoms with E-state index < -0.39 is 0 Å². The lowest BCUT2D eigenvalue weighted by Crippen LogP contribution is -2.41. The Morgan fingerprint density at radius 1 is 1.53 bits per heavy atom. The number of nitrogens with zero attached hydrogens (tertiary/aromatic N) is 4. The highest BCUT2D eigenvalue weighted by Crippen LogP contribution is 1.97. The number of amides is 2.